The molecule has 2 nitrogen and oxygen atoms in total. The van der Waals surface area contributed by atoms with E-state index in [9.17, 15) is 4.79 Å². The molecule has 1 unspecified atom stereocenters. The van der Waals surface area contributed by atoms with Gasteiger partial charge in [0.05, 0.1) is 0 Å². The maximum atomic E-state index is 13.2. The van der Waals surface area contributed by atoms with Crippen LogP contribution in [0.15, 0.2) is 52.4 Å². The zero-order valence-electron chi connectivity index (χ0n) is 19.2. The van der Waals surface area contributed by atoms with E-state index in [1.165, 1.54) is 57.5 Å². The average molecular weight is 480 g/mol. The van der Waals surface area contributed by atoms with E-state index in [2.05, 4.69) is 76.6 Å². The standard InChI is InChI=1S/C19H15.C7H13NO.2CH3.H4Si.Ti/c1-12-11-13(2)19-17-10-6-4-8-15(17)14-7-3-5-9-16(14)18(12)19;8-7(9)6-4-2-1-3-5-6;;;;/h3-10,12H,1-2H3;6H,1-5H2,(H2,8,9);2*1H3;1H4;/q;;;;;+1/p-1. The summed E-state index contributed by atoms with van der Waals surface area (Å²) in [6.07, 6.45) is 5.81. The van der Waals surface area contributed by atoms with Gasteiger partial charge in [0.15, 0.2) is 0 Å². The fourth-order valence-corrected chi connectivity index (χ4v) is 11.5. The molecule has 1 amide bonds. The summed E-state index contributed by atoms with van der Waals surface area (Å²) >= 11 is -2.75. The van der Waals surface area contributed by atoms with Crippen LogP contribution in [0, 0.1) is 5.92 Å². The van der Waals surface area contributed by atoms with Crippen LogP contribution in [0.3, 0.4) is 0 Å². The van der Waals surface area contributed by atoms with Crippen molar-refractivity contribution >= 4 is 44.0 Å². The number of amides is 1. The molecule has 32 heavy (non-hydrogen) atoms. The smallest absolute Gasteiger partial charge is 0.0149 e. The SMILES string of the molecule is CC1=[C]([Ti]([CH3])([CH3])[NH]C(=O)C2CCCCC2)C(C)c2c1c1ccccc1c1ccccc21.[SiH4]. The molecule has 3 aromatic carbocycles. The summed E-state index contributed by atoms with van der Waals surface area (Å²) < 4.78 is 5.19. The van der Waals surface area contributed by atoms with Crippen LogP contribution in [0.5, 0.6) is 0 Å². The quantitative estimate of drug-likeness (QED) is 0.349. The molecular formula is C28H37NOSiTi. The summed E-state index contributed by atoms with van der Waals surface area (Å²) in [4.78, 5) is 13.2. The monoisotopic (exact) mass is 479 g/mol. The zero-order valence-corrected chi connectivity index (χ0v) is 20.8. The largest absolute Gasteiger partial charge is 0.0149 e. The van der Waals surface area contributed by atoms with E-state index in [4.69, 9.17) is 0 Å². The third-order valence-corrected chi connectivity index (χ3v) is 12.4. The summed E-state index contributed by atoms with van der Waals surface area (Å²) in [7, 11) is 0. The Morgan fingerprint density at radius 3 is 2.03 bits per heavy atom. The van der Waals surface area contributed by atoms with Gasteiger partial charge in [-0.2, -0.15) is 0 Å². The van der Waals surface area contributed by atoms with E-state index in [0.717, 1.165) is 12.8 Å². The van der Waals surface area contributed by atoms with Crippen molar-refractivity contribution < 1.29 is 21.6 Å². The molecule has 168 valence electrons. The topological polar surface area (TPSA) is 29.1 Å². The molecule has 1 saturated carbocycles. The van der Waals surface area contributed by atoms with Gasteiger partial charge in [-0.1, -0.05) is 0 Å². The minimum atomic E-state index is -2.75. The zero-order chi connectivity index (χ0) is 21.8. The summed E-state index contributed by atoms with van der Waals surface area (Å²) in [5, 5.41) is 10.2. The Labute approximate surface area is 200 Å². The Kier molecular flexibility index (Phi) is 6.55. The Bertz CT molecular complexity index is 1220. The number of hydrogen-bond acceptors (Lipinski definition) is 1. The molecule has 1 fully saturated rings. The maximum Gasteiger partial charge on any atom is -0.0149 e. The van der Waals surface area contributed by atoms with Crippen molar-refractivity contribution in [3.8, 4) is 0 Å². The number of rotatable bonds is 3. The predicted molar refractivity (Wildman–Crippen MR) is 140 cm³/mol. The molecule has 0 aliphatic heterocycles. The third-order valence-electron chi connectivity index (χ3n) is 7.70. The summed E-state index contributed by atoms with van der Waals surface area (Å²) in [6, 6.07) is 17.7. The Morgan fingerprint density at radius 2 is 1.41 bits per heavy atom. The molecule has 0 bridgehead atoms. The van der Waals surface area contributed by atoms with Crippen LogP contribution < -0.4 is 3.80 Å². The molecule has 1 N–H and O–H groups in total. The van der Waals surface area contributed by atoms with Gasteiger partial charge in [-0.15, -0.1) is 0 Å². The van der Waals surface area contributed by atoms with Gasteiger partial charge in [0.25, 0.3) is 0 Å². The van der Waals surface area contributed by atoms with Crippen LogP contribution >= 0.6 is 0 Å². The summed E-state index contributed by atoms with van der Waals surface area (Å²) in [5.41, 5.74) is 4.30. The van der Waals surface area contributed by atoms with Crippen molar-refractivity contribution in [2.45, 2.75) is 62.3 Å². The van der Waals surface area contributed by atoms with Crippen molar-refractivity contribution in [3.63, 3.8) is 0 Å². The van der Waals surface area contributed by atoms with Crippen LogP contribution in [-0.2, 0) is 21.6 Å². The van der Waals surface area contributed by atoms with Gasteiger partial charge >= 0.3 is 190 Å². The number of carbonyl (C=O) groups is 1. The molecule has 2 aliphatic rings. The van der Waals surface area contributed by atoms with Crippen LogP contribution in [0.25, 0.3) is 27.1 Å². The third kappa shape index (κ3) is 3.73. The Balaban J connectivity index is 0.00000245. The minimum absolute atomic E-state index is 0. The number of nitrogens with one attached hydrogen (secondary N) is 1. The van der Waals surface area contributed by atoms with Gasteiger partial charge < -0.3 is 0 Å². The number of benzene rings is 3. The number of carbonyl (C=O) groups excluding carboxylic acids is 1. The van der Waals surface area contributed by atoms with E-state index in [1.54, 1.807) is 3.88 Å². The predicted octanol–water partition coefficient (Wildman–Crippen LogP) is 6.25. The van der Waals surface area contributed by atoms with E-state index in [-0.39, 0.29) is 16.9 Å². The molecule has 0 saturated heterocycles. The molecule has 1 atom stereocenters. The summed E-state index contributed by atoms with van der Waals surface area (Å²) in [5.74, 6) is 0.898. The number of fused-ring (bicyclic) bond motifs is 6. The van der Waals surface area contributed by atoms with Gasteiger partial charge in [-0.3, -0.25) is 0 Å². The molecule has 5 rings (SSSR count). The maximum absolute atomic E-state index is 13.2. The fourth-order valence-electron chi connectivity index (χ4n) is 6.48. The minimum Gasteiger partial charge on any atom is -0.0149 e. The fraction of sp³-hybridized carbons (Fsp3) is 0.393. The first kappa shape index (κ1) is 23.5. The second-order valence-electron chi connectivity index (χ2n) is 10.1. The first-order valence-electron chi connectivity index (χ1n) is 11.9. The molecule has 0 heterocycles. The van der Waals surface area contributed by atoms with Crippen molar-refractivity contribution in [3.05, 3.63) is 63.5 Å². The van der Waals surface area contributed by atoms with Crippen molar-refractivity contribution in [2.75, 3.05) is 0 Å². The average Bonchev–Trinajstić information content (AvgIpc) is 3.05. The summed E-state index contributed by atoms with van der Waals surface area (Å²) in [6.45, 7) is 4.67. The van der Waals surface area contributed by atoms with Crippen LogP contribution in [-0.4, -0.2) is 16.9 Å². The molecular weight excluding hydrogens is 442 g/mol. The molecule has 0 spiro atoms. The second kappa shape index (κ2) is 8.93. The van der Waals surface area contributed by atoms with E-state index in [1.807, 2.05) is 0 Å². The Hall–Kier alpha value is -1.68. The molecule has 0 aromatic heterocycles. The molecule has 2 aliphatic carbocycles. The Morgan fingerprint density at radius 1 is 0.875 bits per heavy atom. The van der Waals surface area contributed by atoms with E-state index < -0.39 is 16.8 Å². The van der Waals surface area contributed by atoms with E-state index in [0.29, 0.717) is 11.8 Å². The van der Waals surface area contributed by atoms with Crippen LogP contribution in [0.1, 0.15) is 63.0 Å². The molecule has 0 radical (unpaired) electrons. The molecule has 3 aromatic rings. The second-order valence-corrected chi connectivity index (χ2v) is 16.4. The van der Waals surface area contributed by atoms with Gasteiger partial charge in [0.2, 0.25) is 0 Å². The van der Waals surface area contributed by atoms with Gasteiger partial charge in [0, 0.05) is 0 Å². The van der Waals surface area contributed by atoms with Gasteiger partial charge in [-0.05, 0) is 11.0 Å². The van der Waals surface area contributed by atoms with Crippen molar-refractivity contribution in [1.82, 2.24) is 3.80 Å². The van der Waals surface area contributed by atoms with Crippen LogP contribution in [0.4, 0.5) is 0 Å². The van der Waals surface area contributed by atoms with Gasteiger partial charge in [-0.25, -0.2) is 0 Å². The molecule has 4 heteroatoms. The number of allylic oxidation sites excluding steroid dienone is 2. The van der Waals surface area contributed by atoms with Crippen molar-refractivity contribution in [2.24, 2.45) is 5.92 Å². The first-order valence-corrected chi connectivity index (χ1v) is 16.6. The first-order chi connectivity index (χ1) is 14.9. The van der Waals surface area contributed by atoms with Crippen molar-refractivity contribution in [1.29, 1.82) is 0 Å². The van der Waals surface area contributed by atoms with Crippen LogP contribution in [0.2, 0.25) is 10.5 Å². The number of hydrogen-bond donors (Lipinski definition) is 1. The van der Waals surface area contributed by atoms with E-state index >= 15 is 0 Å². The normalized spacial score (nSPS) is 19.2. The van der Waals surface area contributed by atoms with Gasteiger partial charge in [0.1, 0.15) is 0 Å².